The minimum absolute atomic E-state index is 0.156. The molecule has 29 heavy (non-hydrogen) atoms. The SMILES string of the molecule is COc1ccc(-c2ccnc3c(C(=O)NCCN4CCCC4)cnn23)cc1OC. The van der Waals surface area contributed by atoms with Crippen molar-refractivity contribution in [3.8, 4) is 22.8 Å². The minimum atomic E-state index is -0.156. The number of nitrogens with zero attached hydrogens (tertiary/aromatic N) is 4. The van der Waals surface area contributed by atoms with Crippen molar-refractivity contribution in [3.05, 3.63) is 42.2 Å². The molecule has 1 aromatic carbocycles. The van der Waals surface area contributed by atoms with E-state index >= 15 is 0 Å². The van der Waals surface area contributed by atoms with Gasteiger partial charge in [0, 0.05) is 24.8 Å². The topological polar surface area (TPSA) is 81.0 Å². The molecular weight excluding hydrogens is 370 g/mol. The maximum atomic E-state index is 12.7. The molecule has 0 spiro atoms. The fraction of sp³-hybridized carbons (Fsp3) is 0.381. The summed E-state index contributed by atoms with van der Waals surface area (Å²) in [6.45, 7) is 3.71. The summed E-state index contributed by atoms with van der Waals surface area (Å²) in [6.07, 6.45) is 5.73. The van der Waals surface area contributed by atoms with Crippen molar-refractivity contribution >= 4 is 11.6 Å². The van der Waals surface area contributed by atoms with Gasteiger partial charge in [-0.15, -0.1) is 0 Å². The van der Waals surface area contributed by atoms with E-state index in [1.54, 1.807) is 31.1 Å². The lowest BCUT2D eigenvalue weighted by atomic mass is 10.1. The molecule has 0 saturated carbocycles. The molecule has 152 valence electrons. The lowest BCUT2D eigenvalue weighted by Crippen LogP contribution is -2.33. The fourth-order valence-electron chi connectivity index (χ4n) is 3.69. The number of carbonyl (C=O) groups is 1. The number of ether oxygens (including phenoxy) is 2. The Hall–Kier alpha value is -3.13. The van der Waals surface area contributed by atoms with Crippen molar-refractivity contribution in [2.24, 2.45) is 0 Å². The van der Waals surface area contributed by atoms with Crippen LogP contribution in [0.4, 0.5) is 0 Å². The van der Waals surface area contributed by atoms with E-state index in [1.807, 2.05) is 24.3 Å². The van der Waals surface area contributed by atoms with Crippen LogP contribution in [0.15, 0.2) is 36.7 Å². The van der Waals surface area contributed by atoms with E-state index in [0.717, 1.165) is 30.9 Å². The number of hydrogen-bond donors (Lipinski definition) is 1. The maximum absolute atomic E-state index is 12.7. The monoisotopic (exact) mass is 395 g/mol. The van der Waals surface area contributed by atoms with Gasteiger partial charge in [0.25, 0.3) is 5.91 Å². The zero-order valence-electron chi connectivity index (χ0n) is 16.7. The van der Waals surface area contributed by atoms with Crippen LogP contribution < -0.4 is 14.8 Å². The molecule has 0 aliphatic carbocycles. The lowest BCUT2D eigenvalue weighted by Gasteiger charge is -2.14. The lowest BCUT2D eigenvalue weighted by molar-refractivity contribution is 0.0951. The number of benzene rings is 1. The fourth-order valence-corrected chi connectivity index (χ4v) is 3.69. The van der Waals surface area contributed by atoms with Gasteiger partial charge in [0.1, 0.15) is 5.56 Å². The standard InChI is InChI=1S/C21H25N5O3/c1-28-18-6-5-15(13-19(18)29-2)17-7-8-22-20-16(14-24-26(17)20)21(27)23-9-12-25-10-3-4-11-25/h5-8,13-14H,3-4,9-12H2,1-2H3,(H,23,27). The van der Waals surface area contributed by atoms with E-state index in [9.17, 15) is 4.79 Å². The molecule has 1 aliphatic rings. The van der Waals surface area contributed by atoms with Crippen molar-refractivity contribution in [2.75, 3.05) is 40.4 Å². The van der Waals surface area contributed by atoms with Gasteiger partial charge in [-0.2, -0.15) is 5.10 Å². The Kier molecular flexibility index (Phi) is 5.62. The number of likely N-dealkylation sites (tertiary alicyclic amines) is 1. The second-order valence-corrected chi connectivity index (χ2v) is 7.00. The highest BCUT2D eigenvalue weighted by molar-refractivity contribution is 5.99. The van der Waals surface area contributed by atoms with Gasteiger partial charge < -0.3 is 19.7 Å². The third-order valence-corrected chi connectivity index (χ3v) is 5.24. The number of hydrogen-bond acceptors (Lipinski definition) is 6. The number of aromatic nitrogens is 3. The van der Waals surface area contributed by atoms with Gasteiger partial charge in [-0.3, -0.25) is 4.79 Å². The molecule has 8 nitrogen and oxygen atoms in total. The van der Waals surface area contributed by atoms with Crippen LogP contribution in [0.2, 0.25) is 0 Å². The van der Waals surface area contributed by atoms with Crippen LogP contribution in [-0.4, -0.2) is 65.8 Å². The predicted octanol–water partition coefficient (Wildman–Crippen LogP) is 2.24. The van der Waals surface area contributed by atoms with E-state index in [2.05, 4.69) is 20.3 Å². The summed E-state index contributed by atoms with van der Waals surface area (Å²) in [7, 11) is 3.20. The van der Waals surface area contributed by atoms with Gasteiger partial charge in [0.15, 0.2) is 17.1 Å². The van der Waals surface area contributed by atoms with Gasteiger partial charge in [-0.25, -0.2) is 9.50 Å². The average molecular weight is 395 g/mol. The second-order valence-electron chi connectivity index (χ2n) is 7.00. The minimum Gasteiger partial charge on any atom is -0.493 e. The number of rotatable bonds is 7. The number of nitrogens with one attached hydrogen (secondary N) is 1. The largest absolute Gasteiger partial charge is 0.493 e. The molecule has 2 aromatic heterocycles. The summed E-state index contributed by atoms with van der Waals surface area (Å²) in [5.74, 6) is 1.12. The molecule has 1 N–H and O–H groups in total. The highest BCUT2D eigenvalue weighted by Crippen LogP contribution is 2.32. The van der Waals surface area contributed by atoms with Crippen LogP contribution in [-0.2, 0) is 0 Å². The van der Waals surface area contributed by atoms with E-state index in [4.69, 9.17) is 9.47 Å². The predicted molar refractivity (Wildman–Crippen MR) is 110 cm³/mol. The summed E-state index contributed by atoms with van der Waals surface area (Å²) in [6, 6.07) is 7.50. The van der Waals surface area contributed by atoms with Gasteiger partial charge >= 0.3 is 0 Å². The smallest absolute Gasteiger partial charge is 0.256 e. The summed E-state index contributed by atoms with van der Waals surface area (Å²) in [4.78, 5) is 19.4. The normalized spacial score (nSPS) is 14.3. The van der Waals surface area contributed by atoms with E-state index in [1.165, 1.54) is 12.8 Å². The summed E-state index contributed by atoms with van der Waals surface area (Å²) in [5, 5.41) is 7.40. The number of carbonyl (C=O) groups excluding carboxylic acids is 1. The van der Waals surface area contributed by atoms with Gasteiger partial charge in [0.05, 0.1) is 26.1 Å². The molecule has 0 atom stereocenters. The van der Waals surface area contributed by atoms with E-state index in [0.29, 0.717) is 29.3 Å². The van der Waals surface area contributed by atoms with Crippen LogP contribution in [0.3, 0.4) is 0 Å². The van der Waals surface area contributed by atoms with Crippen molar-refractivity contribution in [2.45, 2.75) is 12.8 Å². The first kappa shape index (κ1) is 19.2. The average Bonchev–Trinajstić information content (AvgIpc) is 3.42. The highest BCUT2D eigenvalue weighted by atomic mass is 16.5. The van der Waals surface area contributed by atoms with Gasteiger partial charge in [0.2, 0.25) is 0 Å². The molecular formula is C21H25N5O3. The number of amides is 1. The summed E-state index contributed by atoms with van der Waals surface area (Å²) >= 11 is 0. The Morgan fingerprint density at radius 3 is 2.69 bits per heavy atom. The maximum Gasteiger partial charge on any atom is 0.256 e. The van der Waals surface area contributed by atoms with Crippen LogP contribution >= 0.6 is 0 Å². The van der Waals surface area contributed by atoms with E-state index in [-0.39, 0.29) is 5.91 Å². The number of methoxy groups -OCH3 is 2. The molecule has 1 fully saturated rings. The molecule has 0 bridgehead atoms. The third kappa shape index (κ3) is 3.88. The van der Waals surface area contributed by atoms with Crippen LogP contribution in [0.25, 0.3) is 16.9 Å². The zero-order valence-corrected chi connectivity index (χ0v) is 16.7. The summed E-state index contributed by atoms with van der Waals surface area (Å²) in [5.41, 5.74) is 2.69. The Balaban J connectivity index is 1.57. The molecule has 0 radical (unpaired) electrons. The van der Waals surface area contributed by atoms with Crippen LogP contribution in [0.1, 0.15) is 23.2 Å². The first-order chi connectivity index (χ1) is 14.2. The first-order valence-electron chi connectivity index (χ1n) is 9.77. The second kappa shape index (κ2) is 8.48. The third-order valence-electron chi connectivity index (χ3n) is 5.24. The van der Waals surface area contributed by atoms with Gasteiger partial charge in [-0.1, -0.05) is 0 Å². The van der Waals surface area contributed by atoms with Crippen LogP contribution in [0, 0.1) is 0 Å². The Bertz CT molecular complexity index is 1010. The molecule has 4 rings (SSSR count). The molecule has 3 heterocycles. The highest BCUT2D eigenvalue weighted by Gasteiger charge is 2.17. The van der Waals surface area contributed by atoms with Crippen molar-refractivity contribution < 1.29 is 14.3 Å². The first-order valence-corrected chi connectivity index (χ1v) is 9.77. The molecule has 3 aromatic rings. The Morgan fingerprint density at radius 1 is 1.14 bits per heavy atom. The van der Waals surface area contributed by atoms with Gasteiger partial charge in [-0.05, 0) is 50.2 Å². The number of fused-ring (bicyclic) bond motifs is 1. The zero-order chi connectivity index (χ0) is 20.2. The molecule has 1 amide bonds. The quantitative estimate of drug-likeness (QED) is 0.661. The molecule has 1 saturated heterocycles. The Morgan fingerprint density at radius 2 is 1.93 bits per heavy atom. The molecule has 0 unspecified atom stereocenters. The van der Waals surface area contributed by atoms with E-state index < -0.39 is 0 Å². The van der Waals surface area contributed by atoms with Crippen molar-refractivity contribution in [1.29, 1.82) is 0 Å². The van der Waals surface area contributed by atoms with Crippen LogP contribution in [0.5, 0.6) is 11.5 Å². The summed E-state index contributed by atoms with van der Waals surface area (Å²) < 4.78 is 12.4. The van der Waals surface area contributed by atoms with Crippen molar-refractivity contribution in [1.82, 2.24) is 24.8 Å². The molecule has 1 aliphatic heterocycles. The Labute approximate surface area is 169 Å². The molecule has 8 heteroatoms. The van der Waals surface area contributed by atoms with Crippen molar-refractivity contribution in [3.63, 3.8) is 0 Å².